The molecule has 0 bridgehead atoms. The maximum Gasteiger partial charge on any atom is 0.355 e. The van der Waals surface area contributed by atoms with E-state index in [1.165, 1.54) is 0 Å². The average Bonchev–Trinajstić information content (AvgIpc) is 3.12. The zero-order chi connectivity index (χ0) is 18.8. The quantitative estimate of drug-likeness (QED) is 0.715. The van der Waals surface area contributed by atoms with Gasteiger partial charge in [-0.15, -0.1) is 0 Å². The van der Waals surface area contributed by atoms with Crippen LogP contribution in [-0.4, -0.2) is 27.6 Å². The molecule has 0 aliphatic rings. The topological polar surface area (TPSA) is 65.3 Å². The van der Waals surface area contributed by atoms with Crippen molar-refractivity contribution in [2.24, 2.45) is 7.05 Å². The Balaban J connectivity index is 1.93. The van der Waals surface area contributed by atoms with E-state index >= 15 is 0 Å². The highest BCUT2D eigenvalue weighted by molar-refractivity contribution is 5.98. The largest absolute Gasteiger partial charge is 0.461 e. The zero-order valence-corrected chi connectivity index (χ0v) is 15.5. The number of amides is 1. The Bertz CT molecular complexity index is 962. The number of rotatable bonds is 5. The van der Waals surface area contributed by atoms with Crippen molar-refractivity contribution in [3.05, 3.63) is 53.3 Å². The van der Waals surface area contributed by atoms with Crippen molar-refractivity contribution in [3.8, 4) is 0 Å². The molecule has 0 atom stereocenters. The number of nitrogens with one attached hydrogen (secondary N) is 1. The molecule has 6 heteroatoms. The van der Waals surface area contributed by atoms with E-state index in [1.54, 1.807) is 17.6 Å². The number of ether oxygens (including phenoxy) is 1. The van der Waals surface area contributed by atoms with Crippen molar-refractivity contribution in [3.63, 3.8) is 0 Å². The highest BCUT2D eigenvalue weighted by Gasteiger charge is 2.20. The van der Waals surface area contributed by atoms with E-state index in [-0.39, 0.29) is 19.1 Å². The molecule has 2 heterocycles. The second-order valence-corrected chi connectivity index (χ2v) is 6.35. The Morgan fingerprint density at radius 2 is 1.81 bits per heavy atom. The van der Waals surface area contributed by atoms with Crippen LogP contribution in [0.5, 0.6) is 0 Å². The van der Waals surface area contributed by atoms with Gasteiger partial charge in [0.05, 0.1) is 17.6 Å². The van der Waals surface area contributed by atoms with Crippen LogP contribution in [0.4, 0.5) is 5.69 Å². The number of aryl methyl sites for hydroxylation is 3. The van der Waals surface area contributed by atoms with Crippen molar-refractivity contribution in [1.82, 2.24) is 9.13 Å². The number of nitrogens with zero attached hydrogens (tertiary/aromatic N) is 2. The summed E-state index contributed by atoms with van der Waals surface area (Å²) in [5, 5.41) is 2.97. The Morgan fingerprint density at radius 3 is 2.46 bits per heavy atom. The summed E-state index contributed by atoms with van der Waals surface area (Å²) in [5.74, 6) is -0.613. The SMILES string of the molecule is CCOC(=O)c1cc2c(ccn2C)n1CC(=O)Nc1c(C)cccc1C. The van der Waals surface area contributed by atoms with Gasteiger partial charge in [-0.05, 0) is 44.0 Å². The first-order valence-corrected chi connectivity index (χ1v) is 8.60. The Hall–Kier alpha value is -3.02. The third kappa shape index (κ3) is 3.22. The summed E-state index contributed by atoms with van der Waals surface area (Å²) in [6.07, 6.45) is 1.90. The summed E-state index contributed by atoms with van der Waals surface area (Å²) in [6.45, 7) is 6.00. The van der Waals surface area contributed by atoms with E-state index in [2.05, 4.69) is 5.32 Å². The van der Waals surface area contributed by atoms with Gasteiger partial charge in [0.1, 0.15) is 12.2 Å². The fraction of sp³-hybridized carbons (Fsp3) is 0.300. The number of para-hydroxylation sites is 1. The van der Waals surface area contributed by atoms with Crippen molar-refractivity contribution < 1.29 is 14.3 Å². The third-order valence-electron chi connectivity index (χ3n) is 4.49. The lowest BCUT2D eigenvalue weighted by atomic mass is 10.1. The van der Waals surface area contributed by atoms with E-state index in [0.29, 0.717) is 5.69 Å². The van der Waals surface area contributed by atoms with Gasteiger partial charge in [0, 0.05) is 18.9 Å². The number of benzene rings is 1. The molecule has 0 aliphatic heterocycles. The molecule has 2 aromatic heterocycles. The summed E-state index contributed by atoms with van der Waals surface area (Å²) in [5.41, 5.74) is 4.90. The summed E-state index contributed by atoms with van der Waals surface area (Å²) in [6, 6.07) is 9.53. The number of hydrogen-bond acceptors (Lipinski definition) is 3. The first-order chi connectivity index (χ1) is 12.4. The second-order valence-electron chi connectivity index (χ2n) is 6.35. The van der Waals surface area contributed by atoms with E-state index in [9.17, 15) is 9.59 Å². The van der Waals surface area contributed by atoms with Crippen LogP contribution in [0.3, 0.4) is 0 Å². The second kappa shape index (κ2) is 7.07. The average molecular weight is 353 g/mol. The van der Waals surface area contributed by atoms with Crippen LogP contribution in [0.25, 0.3) is 11.0 Å². The Labute approximate surface area is 152 Å². The van der Waals surface area contributed by atoms with Crippen LogP contribution in [-0.2, 0) is 23.1 Å². The fourth-order valence-electron chi connectivity index (χ4n) is 3.15. The summed E-state index contributed by atoms with van der Waals surface area (Å²) in [7, 11) is 1.90. The Kier molecular flexibility index (Phi) is 4.84. The van der Waals surface area contributed by atoms with E-state index in [0.717, 1.165) is 27.8 Å². The normalized spacial score (nSPS) is 10.9. The molecule has 0 spiro atoms. The lowest BCUT2D eigenvalue weighted by molar-refractivity contribution is -0.116. The van der Waals surface area contributed by atoms with E-state index < -0.39 is 5.97 Å². The number of anilines is 1. The van der Waals surface area contributed by atoms with Gasteiger partial charge in [-0.2, -0.15) is 0 Å². The smallest absolute Gasteiger partial charge is 0.355 e. The van der Waals surface area contributed by atoms with Gasteiger partial charge < -0.3 is 19.2 Å². The van der Waals surface area contributed by atoms with Gasteiger partial charge in [-0.3, -0.25) is 4.79 Å². The first kappa shape index (κ1) is 17.8. The fourth-order valence-corrected chi connectivity index (χ4v) is 3.15. The number of carbonyl (C=O) groups excluding carboxylic acids is 2. The molecule has 0 unspecified atom stereocenters. The minimum absolute atomic E-state index is 0.0371. The highest BCUT2D eigenvalue weighted by atomic mass is 16.5. The van der Waals surface area contributed by atoms with Crippen molar-refractivity contribution >= 4 is 28.6 Å². The molecule has 136 valence electrons. The van der Waals surface area contributed by atoms with Crippen molar-refractivity contribution in [2.75, 3.05) is 11.9 Å². The minimum Gasteiger partial charge on any atom is -0.461 e. The summed E-state index contributed by atoms with van der Waals surface area (Å²) < 4.78 is 8.76. The molecule has 3 rings (SSSR count). The van der Waals surface area contributed by atoms with Gasteiger partial charge in [-0.25, -0.2) is 4.79 Å². The molecular formula is C20H23N3O3. The van der Waals surface area contributed by atoms with E-state index in [4.69, 9.17) is 4.74 Å². The van der Waals surface area contributed by atoms with Crippen LogP contribution in [0.1, 0.15) is 28.5 Å². The molecular weight excluding hydrogens is 330 g/mol. The number of aromatic nitrogens is 2. The van der Waals surface area contributed by atoms with Crippen LogP contribution >= 0.6 is 0 Å². The van der Waals surface area contributed by atoms with Gasteiger partial charge in [-0.1, -0.05) is 18.2 Å². The predicted octanol–water partition coefficient (Wildman–Crippen LogP) is 3.41. The number of esters is 1. The van der Waals surface area contributed by atoms with Crippen molar-refractivity contribution in [2.45, 2.75) is 27.3 Å². The van der Waals surface area contributed by atoms with E-state index in [1.807, 2.05) is 55.9 Å². The predicted molar refractivity (Wildman–Crippen MR) is 101 cm³/mol. The van der Waals surface area contributed by atoms with Crippen LogP contribution in [0, 0.1) is 13.8 Å². The molecule has 6 nitrogen and oxygen atoms in total. The monoisotopic (exact) mass is 353 g/mol. The highest BCUT2D eigenvalue weighted by Crippen LogP contribution is 2.23. The van der Waals surface area contributed by atoms with Gasteiger partial charge >= 0.3 is 5.97 Å². The Morgan fingerprint density at radius 1 is 1.12 bits per heavy atom. The van der Waals surface area contributed by atoms with Gasteiger partial charge in [0.25, 0.3) is 0 Å². The molecule has 0 radical (unpaired) electrons. The molecule has 1 N–H and O–H groups in total. The maximum absolute atomic E-state index is 12.7. The lowest BCUT2D eigenvalue weighted by Crippen LogP contribution is -2.22. The van der Waals surface area contributed by atoms with Crippen LogP contribution < -0.4 is 5.32 Å². The summed E-state index contributed by atoms with van der Waals surface area (Å²) in [4.78, 5) is 25.0. The molecule has 26 heavy (non-hydrogen) atoms. The molecule has 0 saturated heterocycles. The molecule has 0 fully saturated rings. The molecule has 3 aromatic rings. The van der Waals surface area contributed by atoms with Crippen LogP contribution in [0.2, 0.25) is 0 Å². The number of carbonyl (C=O) groups is 2. The van der Waals surface area contributed by atoms with Gasteiger partial charge in [0.15, 0.2) is 0 Å². The molecule has 0 aliphatic carbocycles. The third-order valence-corrected chi connectivity index (χ3v) is 4.49. The molecule has 0 saturated carbocycles. The lowest BCUT2D eigenvalue weighted by Gasteiger charge is -2.13. The standard InChI is InChI=1S/C20H23N3O3/c1-5-26-20(25)17-11-16-15(9-10-22(16)4)23(17)12-18(24)21-19-13(2)7-6-8-14(19)3/h6-11H,5,12H2,1-4H3,(H,21,24). The molecule has 1 aromatic carbocycles. The number of fused-ring (bicyclic) bond motifs is 1. The van der Waals surface area contributed by atoms with Crippen molar-refractivity contribution in [1.29, 1.82) is 0 Å². The molecule has 1 amide bonds. The zero-order valence-electron chi connectivity index (χ0n) is 15.5. The first-order valence-electron chi connectivity index (χ1n) is 8.60. The maximum atomic E-state index is 12.7. The number of hydrogen-bond donors (Lipinski definition) is 1. The van der Waals surface area contributed by atoms with Crippen LogP contribution in [0.15, 0.2) is 36.5 Å². The van der Waals surface area contributed by atoms with Gasteiger partial charge in [0.2, 0.25) is 5.91 Å². The summed E-state index contributed by atoms with van der Waals surface area (Å²) >= 11 is 0. The minimum atomic E-state index is -0.427.